The molecule has 144 valence electrons. The minimum atomic E-state index is 0.199. The number of aromatic nitrogens is 1. The Labute approximate surface area is 170 Å². The zero-order valence-corrected chi connectivity index (χ0v) is 17.2. The molecule has 3 aromatic rings. The van der Waals surface area contributed by atoms with Crippen LogP contribution in [0.15, 0.2) is 54.6 Å². The maximum Gasteiger partial charge on any atom is 0.228 e. The van der Waals surface area contributed by atoms with E-state index in [0.717, 1.165) is 47.3 Å². The van der Waals surface area contributed by atoms with Gasteiger partial charge in [-0.05, 0) is 26.0 Å². The Morgan fingerprint density at radius 2 is 1.64 bits per heavy atom. The van der Waals surface area contributed by atoms with Crippen LogP contribution in [0.3, 0.4) is 0 Å². The number of anilines is 1. The lowest BCUT2D eigenvalue weighted by molar-refractivity contribution is -0.130. The smallest absolute Gasteiger partial charge is 0.228 e. The summed E-state index contributed by atoms with van der Waals surface area (Å²) in [7, 11) is 0. The molecule has 0 saturated carbocycles. The van der Waals surface area contributed by atoms with Crippen molar-refractivity contribution in [3.8, 4) is 11.3 Å². The lowest BCUT2D eigenvalue weighted by atomic mass is 10.1. The van der Waals surface area contributed by atoms with Crippen LogP contribution in [-0.2, 0) is 11.2 Å². The van der Waals surface area contributed by atoms with Gasteiger partial charge in [-0.2, -0.15) is 0 Å². The van der Waals surface area contributed by atoms with Crippen molar-refractivity contribution in [1.29, 1.82) is 0 Å². The molecule has 0 bridgehead atoms. The number of thiazole rings is 1. The molecule has 0 unspecified atom stereocenters. The topological polar surface area (TPSA) is 36.4 Å². The van der Waals surface area contributed by atoms with E-state index in [0.29, 0.717) is 6.42 Å². The fourth-order valence-corrected chi connectivity index (χ4v) is 4.58. The first kappa shape index (κ1) is 18.7. The molecule has 0 aliphatic carbocycles. The number of para-hydroxylation sites is 1. The summed E-state index contributed by atoms with van der Waals surface area (Å²) >= 11 is 1.63. The number of benzene rings is 2. The van der Waals surface area contributed by atoms with E-state index in [1.165, 1.54) is 11.3 Å². The summed E-state index contributed by atoms with van der Waals surface area (Å²) in [4.78, 5) is 23.0. The van der Waals surface area contributed by atoms with Crippen molar-refractivity contribution >= 4 is 22.9 Å². The highest BCUT2D eigenvalue weighted by Crippen LogP contribution is 2.29. The van der Waals surface area contributed by atoms with Crippen LogP contribution in [0.4, 0.5) is 5.69 Å². The Bertz CT molecular complexity index is 942. The average molecular weight is 392 g/mol. The third kappa shape index (κ3) is 4.09. The monoisotopic (exact) mass is 391 g/mol. The molecule has 0 atom stereocenters. The average Bonchev–Trinajstić information content (AvgIpc) is 3.09. The SMILES string of the molecule is Cc1ccc(-c2nc(C)sc2CC(=O)N2CCN(c3ccccc3)CC2)cc1. The molecule has 28 heavy (non-hydrogen) atoms. The summed E-state index contributed by atoms with van der Waals surface area (Å²) in [6.45, 7) is 7.38. The first-order chi connectivity index (χ1) is 13.6. The number of amides is 1. The van der Waals surface area contributed by atoms with Crippen molar-refractivity contribution in [3.05, 3.63) is 70.0 Å². The fraction of sp³-hybridized carbons (Fsp3) is 0.304. The van der Waals surface area contributed by atoms with Crippen LogP contribution in [0.5, 0.6) is 0 Å². The molecule has 2 aromatic carbocycles. The van der Waals surface area contributed by atoms with E-state index < -0.39 is 0 Å². The minimum Gasteiger partial charge on any atom is -0.368 e. The normalized spacial score (nSPS) is 14.4. The number of carbonyl (C=O) groups is 1. The molecule has 2 heterocycles. The van der Waals surface area contributed by atoms with Crippen molar-refractivity contribution in [2.45, 2.75) is 20.3 Å². The second-order valence-corrected chi connectivity index (χ2v) is 8.54. The molecule has 4 nitrogen and oxygen atoms in total. The Morgan fingerprint density at radius 1 is 0.964 bits per heavy atom. The van der Waals surface area contributed by atoms with Gasteiger partial charge in [-0.3, -0.25) is 4.79 Å². The second-order valence-electron chi connectivity index (χ2n) is 7.25. The van der Waals surface area contributed by atoms with E-state index >= 15 is 0 Å². The maximum atomic E-state index is 12.9. The molecule has 1 fully saturated rings. The van der Waals surface area contributed by atoms with E-state index in [-0.39, 0.29) is 5.91 Å². The number of aryl methyl sites for hydroxylation is 2. The molecule has 1 saturated heterocycles. The van der Waals surface area contributed by atoms with Gasteiger partial charge in [0.1, 0.15) is 0 Å². The van der Waals surface area contributed by atoms with Gasteiger partial charge in [0.05, 0.1) is 17.1 Å². The number of hydrogen-bond acceptors (Lipinski definition) is 4. The van der Waals surface area contributed by atoms with Gasteiger partial charge in [-0.15, -0.1) is 11.3 Å². The summed E-state index contributed by atoms with van der Waals surface area (Å²) in [5.41, 5.74) is 4.50. The zero-order valence-electron chi connectivity index (χ0n) is 16.4. The molecule has 1 aliphatic rings. The Kier molecular flexibility index (Phi) is 5.44. The molecule has 5 heteroatoms. The van der Waals surface area contributed by atoms with Crippen LogP contribution in [-0.4, -0.2) is 42.0 Å². The summed E-state index contributed by atoms with van der Waals surface area (Å²) in [5.74, 6) is 0.199. The highest BCUT2D eigenvalue weighted by atomic mass is 32.1. The molecule has 0 spiro atoms. The quantitative estimate of drug-likeness (QED) is 0.665. The van der Waals surface area contributed by atoms with Crippen molar-refractivity contribution in [1.82, 2.24) is 9.88 Å². The summed E-state index contributed by atoms with van der Waals surface area (Å²) in [5, 5.41) is 1.01. The third-order valence-electron chi connectivity index (χ3n) is 5.19. The van der Waals surface area contributed by atoms with Crippen LogP contribution in [0, 0.1) is 13.8 Å². The van der Waals surface area contributed by atoms with Crippen molar-refractivity contribution in [3.63, 3.8) is 0 Å². The van der Waals surface area contributed by atoms with Crippen molar-refractivity contribution in [2.75, 3.05) is 31.1 Å². The van der Waals surface area contributed by atoms with Gasteiger partial charge in [0.2, 0.25) is 5.91 Å². The van der Waals surface area contributed by atoms with Crippen LogP contribution in [0.2, 0.25) is 0 Å². The van der Waals surface area contributed by atoms with E-state index in [1.54, 1.807) is 11.3 Å². The predicted molar refractivity (Wildman–Crippen MR) is 116 cm³/mol. The summed E-state index contributed by atoms with van der Waals surface area (Å²) in [6, 6.07) is 18.8. The van der Waals surface area contributed by atoms with Crippen molar-refractivity contribution in [2.24, 2.45) is 0 Å². The molecule has 1 aromatic heterocycles. The molecule has 1 amide bonds. The van der Waals surface area contributed by atoms with Gasteiger partial charge in [0, 0.05) is 42.3 Å². The van der Waals surface area contributed by atoms with Crippen LogP contribution in [0.25, 0.3) is 11.3 Å². The van der Waals surface area contributed by atoms with Gasteiger partial charge in [-0.25, -0.2) is 4.98 Å². The maximum absolute atomic E-state index is 12.9. The molecule has 0 radical (unpaired) electrons. The second kappa shape index (κ2) is 8.15. The predicted octanol–water partition coefficient (Wildman–Crippen LogP) is 4.32. The third-order valence-corrected chi connectivity index (χ3v) is 6.17. The lowest BCUT2D eigenvalue weighted by Crippen LogP contribution is -2.49. The molecular formula is C23H25N3OS. The summed E-state index contributed by atoms with van der Waals surface area (Å²) in [6.07, 6.45) is 0.431. The Hall–Kier alpha value is -2.66. The van der Waals surface area contributed by atoms with Crippen LogP contribution >= 0.6 is 11.3 Å². The lowest BCUT2D eigenvalue weighted by Gasteiger charge is -2.36. The van der Waals surface area contributed by atoms with Crippen LogP contribution in [0.1, 0.15) is 15.4 Å². The van der Waals surface area contributed by atoms with Gasteiger partial charge >= 0.3 is 0 Å². The van der Waals surface area contributed by atoms with Gasteiger partial charge in [0.15, 0.2) is 0 Å². The Balaban J connectivity index is 1.43. The number of rotatable bonds is 4. The van der Waals surface area contributed by atoms with E-state index in [9.17, 15) is 4.79 Å². The highest BCUT2D eigenvalue weighted by Gasteiger charge is 2.23. The summed E-state index contributed by atoms with van der Waals surface area (Å²) < 4.78 is 0. The van der Waals surface area contributed by atoms with Gasteiger partial charge in [0.25, 0.3) is 0 Å². The number of nitrogens with zero attached hydrogens (tertiary/aromatic N) is 3. The standard InChI is InChI=1S/C23H25N3OS/c1-17-8-10-19(11-9-17)23-21(28-18(2)24-23)16-22(27)26-14-12-25(13-15-26)20-6-4-3-5-7-20/h3-11H,12-16H2,1-2H3. The van der Waals surface area contributed by atoms with E-state index in [4.69, 9.17) is 4.98 Å². The molecule has 0 N–H and O–H groups in total. The first-order valence-corrected chi connectivity index (χ1v) is 10.5. The fourth-order valence-electron chi connectivity index (χ4n) is 3.63. The molecule has 1 aliphatic heterocycles. The molecular weight excluding hydrogens is 366 g/mol. The molecule has 4 rings (SSSR count). The Morgan fingerprint density at radius 3 is 2.32 bits per heavy atom. The van der Waals surface area contributed by atoms with Crippen LogP contribution < -0.4 is 4.90 Å². The number of hydrogen-bond donors (Lipinski definition) is 0. The highest BCUT2D eigenvalue weighted by molar-refractivity contribution is 7.12. The van der Waals surface area contributed by atoms with E-state index in [1.807, 2.05) is 17.9 Å². The van der Waals surface area contributed by atoms with Gasteiger partial charge in [-0.1, -0.05) is 48.0 Å². The van der Waals surface area contributed by atoms with Crippen molar-refractivity contribution < 1.29 is 4.79 Å². The van der Waals surface area contributed by atoms with Gasteiger partial charge < -0.3 is 9.80 Å². The first-order valence-electron chi connectivity index (χ1n) is 9.71. The number of piperazine rings is 1. The number of carbonyl (C=O) groups excluding carboxylic acids is 1. The zero-order chi connectivity index (χ0) is 19.5. The largest absolute Gasteiger partial charge is 0.368 e. The minimum absolute atomic E-state index is 0.199. The van der Waals surface area contributed by atoms with E-state index in [2.05, 4.69) is 60.4 Å².